The summed E-state index contributed by atoms with van der Waals surface area (Å²) in [6.07, 6.45) is -4.33. The van der Waals surface area contributed by atoms with Crippen LogP contribution in [0.15, 0.2) is 53.6 Å². The summed E-state index contributed by atoms with van der Waals surface area (Å²) in [7, 11) is 0. The van der Waals surface area contributed by atoms with E-state index in [0.29, 0.717) is 10.7 Å². The van der Waals surface area contributed by atoms with E-state index in [9.17, 15) is 13.2 Å². The Kier molecular flexibility index (Phi) is 4.81. The second kappa shape index (κ2) is 6.44. The maximum absolute atomic E-state index is 12.6. The molecule has 1 nitrogen and oxygen atoms in total. The summed E-state index contributed by atoms with van der Waals surface area (Å²) >= 11 is 6.04. The summed E-state index contributed by atoms with van der Waals surface area (Å²) in [6.45, 7) is 3.70. The second-order valence-electron chi connectivity index (χ2n) is 4.90. The van der Waals surface area contributed by atoms with Crippen molar-refractivity contribution in [2.75, 3.05) is 5.32 Å². The van der Waals surface area contributed by atoms with Crippen molar-refractivity contribution in [1.29, 1.82) is 0 Å². The highest BCUT2D eigenvalue weighted by Gasteiger charge is 2.29. The lowest BCUT2D eigenvalue weighted by Crippen LogP contribution is -2.04. The van der Waals surface area contributed by atoms with E-state index in [1.165, 1.54) is 12.1 Å². The Morgan fingerprint density at radius 3 is 2.09 bits per heavy atom. The van der Waals surface area contributed by atoms with Gasteiger partial charge in [-0.3, -0.25) is 0 Å². The molecule has 0 heterocycles. The van der Waals surface area contributed by atoms with Gasteiger partial charge in [0, 0.05) is 22.0 Å². The number of anilines is 2. The number of nitrogens with one attached hydrogen (secondary N) is 1. The fourth-order valence-corrected chi connectivity index (χ4v) is 2.10. The quantitative estimate of drug-likeness (QED) is 0.684. The summed E-state index contributed by atoms with van der Waals surface area (Å²) in [5.74, 6) is 0. The molecule has 0 saturated heterocycles. The molecule has 116 valence electrons. The minimum atomic E-state index is -4.33. The van der Waals surface area contributed by atoms with Crippen LogP contribution < -0.4 is 5.32 Å². The number of para-hydroxylation sites is 1. The molecule has 0 unspecified atom stereocenters. The molecule has 2 aromatic carbocycles. The molecular weight excluding hydrogens is 311 g/mol. The Balaban J connectivity index is 2.31. The smallest absolute Gasteiger partial charge is 0.355 e. The minimum Gasteiger partial charge on any atom is -0.355 e. The van der Waals surface area contributed by atoms with Crippen LogP contribution in [0.2, 0.25) is 0 Å². The zero-order chi connectivity index (χ0) is 16.3. The highest BCUT2D eigenvalue weighted by molar-refractivity contribution is 6.32. The summed E-state index contributed by atoms with van der Waals surface area (Å²) in [4.78, 5) is 0. The summed E-state index contributed by atoms with van der Waals surface area (Å²) < 4.78 is 37.7. The van der Waals surface area contributed by atoms with Gasteiger partial charge >= 0.3 is 6.18 Å². The summed E-state index contributed by atoms with van der Waals surface area (Å²) in [5, 5.41) is 3.80. The average molecular weight is 326 g/mol. The molecule has 0 aliphatic rings. The van der Waals surface area contributed by atoms with Crippen LogP contribution in [0, 0.1) is 0 Å². The van der Waals surface area contributed by atoms with Crippen LogP contribution in [0.3, 0.4) is 0 Å². The number of rotatable bonds is 3. The van der Waals surface area contributed by atoms with E-state index < -0.39 is 11.7 Å². The van der Waals surface area contributed by atoms with Crippen LogP contribution >= 0.6 is 11.6 Å². The topological polar surface area (TPSA) is 12.0 Å². The molecule has 0 radical (unpaired) electrons. The van der Waals surface area contributed by atoms with Gasteiger partial charge in [0.1, 0.15) is 0 Å². The Morgan fingerprint density at radius 2 is 1.55 bits per heavy atom. The molecule has 0 aliphatic heterocycles. The fourth-order valence-electron chi connectivity index (χ4n) is 2.00. The van der Waals surface area contributed by atoms with E-state index in [0.717, 1.165) is 29.0 Å². The number of hydrogen-bond acceptors (Lipinski definition) is 1. The molecular formula is C17H15ClF3N. The third kappa shape index (κ3) is 3.83. The van der Waals surface area contributed by atoms with Crippen LogP contribution in [-0.4, -0.2) is 0 Å². The minimum absolute atomic E-state index is 0.584. The lowest BCUT2D eigenvalue weighted by molar-refractivity contribution is -0.137. The SMILES string of the molecule is C/C(Cl)=C(\C)c1ccccc1Nc1ccc(C(F)(F)F)cc1. The van der Waals surface area contributed by atoms with Crippen molar-refractivity contribution in [1.82, 2.24) is 0 Å². The monoisotopic (exact) mass is 325 g/mol. The lowest BCUT2D eigenvalue weighted by atomic mass is 10.0. The second-order valence-corrected chi connectivity index (χ2v) is 5.47. The third-order valence-corrected chi connectivity index (χ3v) is 3.62. The van der Waals surface area contributed by atoms with E-state index in [1.54, 1.807) is 6.92 Å². The molecule has 2 aromatic rings. The van der Waals surface area contributed by atoms with Crippen molar-refractivity contribution in [2.24, 2.45) is 0 Å². The van der Waals surface area contributed by atoms with E-state index in [-0.39, 0.29) is 0 Å². The number of allylic oxidation sites excluding steroid dienone is 2. The first-order valence-electron chi connectivity index (χ1n) is 6.65. The molecule has 1 N–H and O–H groups in total. The van der Waals surface area contributed by atoms with Crippen LogP contribution in [0.4, 0.5) is 24.5 Å². The molecule has 0 amide bonds. The van der Waals surface area contributed by atoms with E-state index in [4.69, 9.17) is 11.6 Å². The highest BCUT2D eigenvalue weighted by Crippen LogP contribution is 2.32. The van der Waals surface area contributed by atoms with Gasteiger partial charge in [0.2, 0.25) is 0 Å². The predicted molar refractivity (Wildman–Crippen MR) is 85.3 cm³/mol. The molecule has 0 bridgehead atoms. The molecule has 22 heavy (non-hydrogen) atoms. The molecule has 0 spiro atoms. The van der Waals surface area contributed by atoms with Crippen LogP contribution in [0.5, 0.6) is 0 Å². The third-order valence-electron chi connectivity index (χ3n) is 3.34. The molecule has 0 atom stereocenters. The van der Waals surface area contributed by atoms with Gasteiger partial charge in [-0.2, -0.15) is 13.2 Å². The van der Waals surface area contributed by atoms with E-state index in [1.807, 2.05) is 31.2 Å². The first kappa shape index (κ1) is 16.4. The Hall–Kier alpha value is -1.94. The first-order valence-corrected chi connectivity index (χ1v) is 7.03. The van der Waals surface area contributed by atoms with Gasteiger partial charge in [0.05, 0.1) is 5.56 Å². The fraction of sp³-hybridized carbons (Fsp3) is 0.176. The van der Waals surface area contributed by atoms with Crippen molar-refractivity contribution >= 4 is 28.5 Å². The predicted octanol–water partition coefficient (Wildman–Crippen LogP) is 6.44. The normalized spacial score (nSPS) is 12.8. The Bertz CT molecular complexity index is 684. The standard InChI is InChI=1S/C17H15ClF3N/c1-11(12(2)18)15-5-3-4-6-16(15)22-14-9-7-13(8-10-14)17(19,20)21/h3-10,22H,1-2H3/b12-11-. The summed E-state index contributed by atoms with van der Waals surface area (Å²) in [6, 6.07) is 12.4. The highest BCUT2D eigenvalue weighted by atomic mass is 35.5. The van der Waals surface area contributed by atoms with Gasteiger partial charge in [-0.1, -0.05) is 29.8 Å². The maximum Gasteiger partial charge on any atom is 0.416 e. The Labute approximate surface area is 132 Å². The van der Waals surface area contributed by atoms with Crippen molar-refractivity contribution in [2.45, 2.75) is 20.0 Å². The van der Waals surface area contributed by atoms with Crippen molar-refractivity contribution in [3.05, 3.63) is 64.7 Å². The largest absolute Gasteiger partial charge is 0.416 e. The van der Waals surface area contributed by atoms with Gasteiger partial charge in [-0.15, -0.1) is 0 Å². The Morgan fingerprint density at radius 1 is 0.955 bits per heavy atom. The lowest BCUT2D eigenvalue weighted by Gasteiger charge is -2.14. The van der Waals surface area contributed by atoms with E-state index in [2.05, 4.69) is 5.32 Å². The van der Waals surface area contributed by atoms with Crippen molar-refractivity contribution in [3.8, 4) is 0 Å². The van der Waals surface area contributed by atoms with Gasteiger partial charge in [-0.25, -0.2) is 0 Å². The number of halogens is 4. The van der Waals surface area contributed by atoms with Gasteiger partial charge in [-0.05, 0) is 49.8 Å². The number of hydrogen-bond donors (Lipinski definition) is 1. The molecule has 0 saturated carbocycles. The van der Waals surface area contributed by atoms with Crippen LogP contribution in [0.25, 0.3) is 5.57 Å². The van der Waals surface area contributed by atoms with Crippen LogP contribution in [0.1, 0.15) is 25.0 Å². The van der Waals surface area contributed by atoms with Crippen molar-refractivity contribution in [3.63, 3.8) is 0 Å². The van der Waals surface area contributed by atoms with E-state index >= 15 is 0 Å². The van der Waals surface area contributed by atoms with Crippen LogP contribution in [-0.2, 0) is 6.18 Å². The van der Waals surface area contributed by atoms with Gasteiger partial charge < -0.3 is 5.32 Å². The molecule has 0 fully saturated rings. The number of benzene rings is 2. The molecule has 5 heteroatoms. The zero-order valence-electron chi connectivity index (χ0n) is 12.1. The van der Waals surface area contributed by atoms with Gasteiger partial charge in [0.15, 0.2) is 0 Å². The number of alkyl halides is 3. The average Bonchev–Trinajstić information content (AvgIpc) is 2.46. The van der Waals surface area contributed by atoms with Gasteiger partial charge in [0.25, 0.3) is 0 Å². The molecule has 2 rings (SSSR count). The molecule has 0 aromatic heterocycles. The maximum atomic E-state index is 12.6. The molecule has 0 aliphatic carbocycles. The summed E-state index contributed by atoms with van der Waals surface area (Å²) in [5.41, 5.74) is 2.53. The van der Waals surface area contributed by atoms with Crippen molar-refractivity contribution < 1.29 is 13.2 Å². The zero-order valence-corrected chi connectivity index (χ0v) is 12.9. The first-order chi connectivity index (χ1) is 10.3.